The van der Waals surface area contributed by atoms with Crippen molar-refractivity contribution in [1.82, 2.24) is 4.90 Å². The molecule has 0 bridgehead atoms. The van der Waals surface area contributed by atoms with E-state index < -0.39 is 5.60 Å². The molecule has 1 aliphatic carbocycles. The summed E-state index contributed by atoms with van der Waals surface area (Å²) >= 11 is 0. The number of hydrogen-bond acceptors (Lipinski definition) is 2. The molecule has 116 valence electrons. The lowest BCUT2D eigenvalue weighted by Gasteiger charge is -2.42. The zero-order valence-electron chi connectivity index (χ0n) is 13.1. The molecular weight excluding hydrogens is 265 g/mol. The summed E-state index contributed by atoms with van der Waals surface area (Å²) in [5.41, 5.74) is 0.429. The van der Waals surface area contributed by atoms with Gasteiger partial charge in [-0.05, 0) is 63.4 Å². The van der Waals surface area contributed by atoms with Crippen LogP contribution in [-0.2, 0) is 6.42 Å². The van der Waals surface area contributed by atoms with Crippen molar-refractivity contribution >= 4 is 0 Å². The number of halogens is 1. The Bertz CT molecular complexity index is 471. The average Bonchev–Trinajstić information content (AvgIpc) is 2.45. The maximum absolute atomic E-state index is 13.0. The van der Waals surface area contributed by atoms with Gasteiger partial charge in [-0.15, -0.1) is 6.58 Å². The Morgan fingerprint density at radius 3 is 2.62 bits per heavy atom. The molecule has 1 fully saturated rings. The third-order valence-electron chi connectivity index (χ3n) is 4.65. The molecule has 1 aromatic carbocycles. The molecule has 0 heterocycles. The van der Waals surface area contributed by atoms with Crippen molar-refractivity contribution in [2.45, 2.75) is 31.3 Å². The molecule has 1 N–H and O–H groups in total. The highest BCUT2D eigenvalue weighted by molar-refractivity contribution is 5.17. The van der Waals surface area contributed by atoms with Crippen molar-refractivity contribution in [3.63, 3.8) is 0 Å². The second kappa shape index (κ2) is 6.71. The molecule has 2 rings (SSSR count). The molecule has 21 heavy (non-hydrogen) atoms. The minimum Gasteiger partial charge on any atom is -0.385 e. The molecule has 3 heteroatoms. The Labute approximate surface area is 127 Å². The van der Waals surface area contributed by atoms with Crippen LogP contribution in [0.4, 0.5) is 4.39 Å². The molecule has 1 aromatic rings. The van der Waals surface area contributed by atoms with Gasteiger partial charge in [0.2, 0.25) is 0 Å². The van der Waals surface area contributed by atoms with Crippen LogP contribution < -0.4 is 0 Å². The van der Waals surface area contributed by atoms with Gasteiger partial charge in [-0.3, -0.25) is 0 Å². The van der Waals surface area contributed by atoms with Crippen LogP contribution >= 0.6 is 0 Å². The van der Waals surface area contributed by atoms with Crippen molar-refractivity contribution in [2.24, 2.45) is 11.8 Å². The van der Waals surface area contributed by atoms with Gasteiger partial charge in [0.15, 0.2) is 0 Å². The van der Waals surface area contributed by atoms with Gasteiger partial charge in [0, 0.05) is 12.5 Å². The highest BCUT2D eigenvalue weighted by atomic mass is 19.1. The lowest BCUT2D eigenvalue weighted by Crippen LogP contribution is -2.46. The van der Waals surface area contributed by atoms with E-state index in [9.17, 15) is 9.50 Å². The lowest BCUT2D eigenvalue weighted by atomic mass is 9.69. The number of rotatable bonds is 5. The molecule has 0 amide bonds. The molecule has 2 nitrogen and oxygen atoms in total. The van der Waals surface area contributed by atoms with Gasteiger partial charge in [0.05, 0.1) is 5.60 Å². The fourth-order valence-corrected chi connectivity index (χ4v) is 3.45. The first-order valence-electron chi connectivity index (χ1n) is 7.68. The van der Waals surface area contributed by atoms with E-state index in [1.54, 1.807) is 6.08 Å². The topological polar surface area (TPSA) is 23.5 Å². The van der Waals surface area contributed by atoms with Crippen LogP contribution in [0, 0.1) is 17.7 Å². The van der Waals surface area contributed by atoms with E-state index in [0.717, 1.165) is 32.2 Å². The van der Waals surface area contributed by atoms with Gasteiger partial charge in [0.1, 0.15) is 5.82 Å². The van der Waals surface area contributed by atoms with Crippen LogP contribution in [0.2, 0.25) is 0 Å². The van der Waals surface area contributed by atoms with Crippen molar-refractivity contribution in [3.05, 3.63) is 48.3 Å². The number of benzene rings is 1. The van der Waals surface area contributed by atoms with E-state index in [4.69, 9.17) is 0 Å². The Hall–Kier alpha value is -1.19. The molecule has 0 aliphatic heterocycles. The maximum Gasteiger partial charge on any atom is 0.123 e. The fourth-order valence-electron chi connectivity index (χ4n) is 3.45. The van der Waals surface area contributed by atoms with Crippen molar-refractivity contribution in [3.8, 4) is 0 Å². The smallest absolute Gasteiger partial charge is 0.123 e. The summed E-state index contributed by atoms with van der Waals surface area (Å²) in [6.07, 6.45) is 5.41. The minimum absolute atomic E-state index is 0.186. The predicted octanol–water partition coefficient (Wildman–Crippen LogP) is 3.26. The Morgan fingerprint density at radius 1 is 1.38 bits per heavy atom. The number of nitrogens with zero attached hydrogens (tertiary/aromatic N) is 1. The largest absolute Gasteiger partial charge is 0.385 e. The van der Waals surface area contributed by atoms with E-state index in [0.29, 0.717) is 5.92 Å². The summed E-state index contributed by atoms with van der Waals surface area (Å²) in [5, 5.41) is 10.7. The summed E-state index contributed by atoms with van der Waals surface area (Å²) in [7, 11) is 4.07. The zero-order chi connectivity index (χ0) is 15.5. The van der Waals surface area contributed by atoms with Gasteiger partial charge in [-0.25, -0.2) is 4.39 Å². The first-order chi connectivity index (χ1) is 9.93. The van der Waals surface area contributed by atoms with Crippen LogP contribution in [0.1, 0.15) is 24.8 Å². The molecule has 1 saturated carbocycles. The van der Waals surface area contributed by atoms with E-state index >= 15 is 0 Å². The van der Waals surface area contributed by atoms with Crippen LogP contribution in [0.3, 0.4) is 0 Å². The molecule has 1 aliphatic rings. The molecule has 0 aromatic heterocycles. The molecule has 3 unspecified atom stereocenters. The molecule has 0 radical (unpaired) electrons. The third-order valence-corrected chi connectivity index (χ3v) is 4.65. The Morgan fingerprint density at radius 2 is 2.05 bits per heavy atom. The first kappa shape index (κ1) is 16.2. The average molecular weight is 291 g/mol. The zero-order valence-corrected chi connectivity index (χ0v) is 13.1. The summed E-state index contributed by atoms with van der Waals surface area (Å²) in [6, 6.07) is 6.78. The Balaban J connectivity index is 2.03. The first-order valence-corrected chi connectivity index (χ1v) is 7.68. The normalized spacial score (nSPS) is 29.6. The molecule has 0 spiro atoms. The molecular formula is C18H26FNO. The van der Waals surface area contributed by atoms with E-state index in [-0.39, 0.29) is 11.7 Å². The van der Waals surface area contributed by atoms with Crippen molar-refractivity contribution < 1.29 is 9.50 Å². The van der Waals surface area contributed by atoms with Gasteiger partial charge < -0.3 is 10.0 Å². The number of hydrogen-bond donors (Lipinski definition) is 1. The summed E-state index contributed by atoms with van der Waals surface area (Å²) in [6.45, 7) is 4.69. The highest BCUT2D eigenvalue weighted by Gasteiger charge is 2.39. The Kier molecular flexibility index (Phi) is 5.17. The van der Waals surface area contributed by atoms with Gasteiger partial charge in [-0.2, -0.15) is 0 Å². The second-order valence-electron chi connectivity index (χ2n) is 6.63. The second-order valence-corrected chi connectivity index (χ2v) is 6.63. The third kappa shape index (κ3) is 4.14. The quantitative estimate of drug-likeness (QED) is 0.842. The summed E-state index contributed by atoms with van der Waals surface area (Å²) in [4.78, 5) is 2.12. The van der Waals surface area contributed by atoms with Crippen molar-refractivity contribution in [1.29, 1.82) is 0 Å². The fraction of sp³-hybridized carbons (Fsp3) is 0.556. The summed E-state index contributed by atoms with van der Waals surface area (Å²) < 4.78 is 13.0. The van der Waals surface area contributed by atoms with Crippen LogP contribution in [0.15, 0.2) is 36.9 Å². The van der Waals surface area contributed by atoms with E-state index in [1.165, 1.54) is 17.7 Å². The summed E-state index contributed by atoms with van der Waals surface area (Å²) in [5.74, 6) is 0.568. The van der Waals surface area contributed by atoms with E-state index in [2.05, 4.69) is 11.5 Å². The maximum atomic E-state index is 13.0. The van der Waals surface area contributed by atoms with Crippen molar-refractivity contribution in [2.75, 3.05) is 20.6 Å². The SMILES string of the molecule is C=CC1(O)CCC(Cc2ccc(F)cc2)CC1CN(C)C. The van der Waals surface area contributed by atoms with Crippen LogP contribution in [0.25, 0.3) is 0 Å². The van der Waals surface area contributed by atoms with Crippen LogP contribution in [0.5, 0.6) is 0 Å². The molecule has 0 saturated heterocycles. The number of aliphatic hydroxyl groups is 1. The monoisotopic (exact) mass is 291 g/mol. The van der Waals surface area contributed by atoms with Gasteiger partial charge >= 0.3 is 0 Å². The molecule has 3 atom stereocenters. The van der Waals surface area contributed by atoms with Gasteiger partial charge in [0.25, 0.3) is 0 Å². The van der Waals surface area contributed by atoms with E-state index in [1.807, 2.05) is 26.2 Å². The standard InChI is InChI=1S/C18H26FNO/c1-4-18(21)10-9-15(12-16(18)13-20(2)3)11-14-5-7-17(19)8-6-14/h4-8,15-16,21H,1,9-13H2,2-3H3. The predicted molar refractivity (Wildman–Crippen MR) is 84.6 cm³/mol. The van der Waals surface area contributed by atoms with Gasteiger partial charge in [-0.1, -0.05) is 18.2 Å². The van der Waals surface area contributed by atoms with Crippen LogP contribution in [-0.4, -0.2) is 36.2 Å². The minimum atomic E-state index is -0.746. The lowest BCUT2D eigenvalue weighted by molar-refractivity contribution is -0.0298. The highest BCUT2D eigenvalue weighted by Crippen LogP contribution is 2.39.